The molecule has 0 bridgehead atoms. The maximum absolute atomic E-state index is 5.79. The predicted molar refractivity (Wildman–Crippen MR) is 106 cm³/mol. The van der Waals surface area contributed by atoms with Gasteiger partial charge in [-0.1, -0.05) is 54.2 Å². The van der Waals surface area contributed by atoms with Gasteiger partial charge in [0.25, 0.3) is 5.22 Å². The average molecular weight is 429 g/mol. The van der Waals surface area contributed by atoms with Crippen LogP contribution in [-0.4, -0.2) is 20.0 Å². The number of benzene rings is 2. The van der Waals surface area contributed by atoms with Crippen LogP contribution in [-0.2, 0) is 12.3 Å². The van der Waals surface area contributed by atoms with Crippen molar-refractivity contribution in [3.8, 4) is 0 Å². The minimum absolute atomic E-state index is 0.472. The Kier molecular flexibility index (Phi) is 4.82. The third-order valence-electron chi connectivity index (χ3n) is 4.26. The Labute approximate surface area is 163 Å². The average Bonchev–Trinajstić information content (AvgIpc) is 3.20. The molecule has 0 saturated heterocycles. The van der Waals surface area contributed by atoms with Crippen LogP contribution >= 0.6 is 27.7 Å². The summed E-state index contributed by atoms with van der Waals surface area (Å²) in [6, 6.07) is 14.7. The Morgan fingerprint density at radius 2 is 1.88 bits per heavy atom. The molecule has 5 nitrogen and oxygen atoms in total. The van der Waals surface area contributed by atoms with Crippen molar-refractivity contribution in [2.45, 2.75) is 31.4 Å². The van der Waals surface area contributed by atoms with E-state index in [9.17, 15) is 0 Å². The van der Waals surface area contributed by atoms with Gasteiger partial charge >= 0.3 is 0 Å². The molecule has 0 radical (unpaired) electrons. The lowest BCUT2D eigenvalue weighted by Gasteiger charge is -2.04. The molecule has 0 aliphatic rings. The van der Waals surface area contributed by atoms with E-state index in [1.54, 1.807) is 11.8 Å². The number of rotatable bonds is 5. The van der Waals surface area contributed by atoms with E-state index in [2.05, 4.69) is 73.7 Å². The van der Waals surface area contributed by atoms with Crippen LogP contribution in [0.4, 0.5) is 0 Å². The second kappa shape index (κ2) is 7.25. The van der Waals surface area contributed by atoms with E-state index in [0.717, 1.165) is 21.6 Å². The third-order valence-corrected chi connectivity index (χ3v) is 6.27. The minimum atomic E-state index is 0.472. The summed E-state index contributed by atoms with van der Waals surface area (Å²) in [4.78, 5) is 0. The SMILES string of the molecule is Cc1nn(Cc2nnc(SCc3cccc4ccccc34)o2)c(C)c1Br. The van der Waals surface area contributed by atoms with Gasteiger partial charge in [-0.15, -0.1) is 10.2 Å². The summed E-state index contributed by atoms with van der Waals surface area (Å²) in [6.45, 7) is 4.45. The Morgan fingerprint density at radius 1 is 1.08 bits per heavy atom. The van der Waals surface area contributed by atoms with Crippen molar-refractivity contribution < 1.29 is 4.42 Å². The second-order valence-corrected chi connectivity index (χ2v) is 7.75. The predicted octanol–water partition coefficient (Wildman–Crippen LogP) is 5.14. The number of fused-ring (bicyclic) bond motifs is 1. The normalized spacial score (nSPS) is 11.3. The van der Waals surface area contributed by atoms with Gasteiger partial charge in [0.2, 0.25) is 5.89 Å². The van der Waals surface area contributed by atoms with E-state index in [-0.39, 0.29) is 0 Å². The molecule has 2 heterocycles. The number of hydrogen-bond donors (Lipinski definition) is 0. The molecule has 7 heteroatoms. The van der Waals surface area contributed by atoms with Gasteiger partial charge in [-0.25, -0.2) is 0 Å². The van der Waals surface area contributed by atoms with Crippen LogP contribution in [0.3, 0.4) is 0 Å². The first-order valence-corrected chi connectivity index (χ1v) is 10.0. The Hall–Kier alpha value is -2.12. The largest absolute Gasteiger partial charge is 0.414 e. The summed E-state index contributed by atoms with van der Waals surface area (Å²) >= 11 is 5.09. The molecule has 0 fully saturated rings. The fourth-order valence-corrected chi connectivity index (χ4v) is 3.94. The van der Waals surface area contributed by atoms with Crippen molar-refractivity contribution in [1.29, 1.82) is 0 Å². The first kappa shape index (κ1) is 17.3. The summed E-state index contributed by atoms with van der Waals surface area (Å²) < 4.78 is 8.67. The highest BCUT2D eigenvalue weighted by Gasteiger charge is 2.13. The lowest BCUT2D eigenvalue weighted by atomic mass is 10.1. The number of halogens is 1. The fraction of sp³-hybridized carbons (Fsp3) is 0.211. The van der Waals surface area contributed by atoms with E-state index < -0.39 is 0 Å². The smallest absolute Gasteiger partial charge is 0.276 e. The van der Waals surface area contributed by atoms with Crippen LogP contribution < -0.4 is 0 Å². The molecular weight excluding hydrogens is 412 g/mol. The van der Waals surface area contributed by atoms with E-state index in [0.29, 0.717) is 17.7 Å². The van der Waals surface area contributed by atoms with Crippen molar-refractivity contribution in [2.24, 2.45) is 0 Å². The quantitative estimate of drug-likeness (QED) is 0.411. The molecule has 0 N–H and O–H groups in total. The first-order chi connectivity index (χ1) is 12.6. The molecule has 0 amide bonds. The van der Waals surface area contributed by atoms with Crippen molar-refractivity contribution in [2.75, 3.05) is 0 Å². The van der Waals surface area contributed by atoms with Crippen molar-refractivity contribution >= 4 is 38.5 Å². The van der Waals surface area contributed by atoms with Crippen LogP contribution in [0.5, 0.6) is 0 Å². The first-order valence-electron chi connectivity index (χ1n) is 8.23. The highest BCUT2D eigenvalue weighted by atomic mass is 79.9. The lowest BCUT2D eigenvalue weighted by molar-refractivity contribution is 0.396. The van der Waals surface area contributed by atoms with E-state index in [1.807, 2.05) is 18.5 Å². The molecule has 2 aromatic heterocycles. The number of thioether (sulfide) groups is 1. The van der Waals surface area contributed by atoms with E-state index in [4.69, 9.17) is 4.42 Å². The lowest BCUT2D eigenvalue weighted by Crippen LogP contribution is -2.04. The van der Waals surface area contributed by atoms with E-state index in [1.165, 1.54) is 16.3 Å². The molecule has 0 atom stereocenters. The van der Waals surface area contributed by atoms with Crippen molar-refractivity contribution in [1.82, 2.24) is 20.0 Å². The van der Waals surface area contributed by atoms with Gasteiger partial charge in [-0.3, -0.25) is 4.68 Å². The molecule has 2 aromatic carbocycles. The number of aromatic nitrogens is 4. The molecule has 0 aliphatic heterocycles. The van der Waals surface area contributed by atoms with Gasteiger partial charge in [-0.05, 0) is 46.1 Å². The van der Waals surface area contributed by atoms with Crippen LogP contribution in [0.15, 0.2) is 56.6 Å². The number of aryl methyl sites for hydroxylation is 1. The fourth-order valence-electron chi connectivity index (χ4n) is 2.88. The van der Waals surface area contributed by atoms with Gasteiger partial charge in [0.05, 0.1) is 15.9 Å². The molecule has 0 unspecified atom stereocenters. The zero-order valence-corrected chi connectivity index (χ0v) is 16.8. The van der Waals surface area contributed by atoms with Gasteiger partial charge in [0, 0.05) is 5.75 Å². The summed E-state index contributed by atoms with van der Waals surface area (Å²) in [7, 11) is 0. The minimum Gasteiger partial charge on any atom is -0.414 e. The van der Waals surface area contributed by atoms with Crippen molar-refractivity contribution in [3.05, 3.63) is 69.8 Å². The second-order valence-electron chi connectivity index (χ2n) is 6.03. The summed E-state index contributed by atoms with van der Waals surface area (Å²) in [5.74, 6) is 1.34. The Bertz CT molecular complexity index is 1070. The van der Waals surface area contributed by atoms with Crippen LogP contribution in [0, 0.1) is 13.8 Å². The molecule has 26 heavy (non-hydrogen) atoms. The summed E-state index contributed by atoms with van der Waals surface area (Å²) in [5.41, 5.74) is 3.26. The molecule has 4 rings (SSSR count). The monoisotopic (exact) mass is 428 g/mol. The van der Waals surface area contributed by atoms with Gasteiger partial charge in [0.15, 0.2) is 0 Å². The van der Waals surface area contributed by atoms with Crippen LogP contribution in [0.2, 0.25) is 0 Å². The third kappa shape index (κ3) is 3.41. The highest BCUT2D eigenvalue weighted by molar-refractivity contribution is 9.10. The van der Waals surface area contributed by atoms with Crippen LogP contribution in [0.1, 0.15) is 22.8 Å². The van der Waals surface area contributed by atoms with Crippen molar-refractivity contribution in [3.63, 3.8) is 0 Å². The number of nitrogens with zero attached hydrogens (tertiary/aromatic N) is 4. The maximum Gasteiger partial charge on any atom is 0.276 e. The summed E-state index contributed by atoms with van der Waals surface area (Å²) in [5, 5.41) is 15.9. The topological polar surface area (TPSA) is 56.7 Å². The molecule has 0 aliphatic carbocycles. The van der Waals surface area contributed by atoms with Gasteiger partial charge in [-0.2, -0.15) is 5.10 Å². The zero-order valence-electron chi connectivity index (χ0n) is 14.4. The van der Waals surface area contributed by atoms with E-state index >= 15 is 0 Å². The Morgan fingerprint density at radius 3 is 2.69 bits per heavy atom. The zero-order chi connectivity index (χ0) is 18.1. The number of hydrogen-bond acceptors (Lipinski definition) is 5. The highest BCUT2D eigenvalue weighted by Crippen LogP contribution is 2.27. The molecule has 0 spiro atoms. The molecule has 4 aromatic rings. The molecule has 0 saturated carbocycles. The summed E-state index contributed by atoms with van der Waals surface area (Å²) in [6.07, 6.45) is 0. The maximum atomic E-state index is 5.79. The molecule has 132 valence electrons. The molecular formula is C19H17BrN4OS. The standard InChI is InChI=1S/C19H17BrN4OS/c1-12-18(20)13(2)24(23-12)10-17-21-22-19(25-17)26-11-15-8-5-7-14-6-3-4-9-16(14)15/h3-9H,10-11H2,1-2H3. The van der Waals surface area contributed by atoms with Crippen LogP contribution in [0.25, 0.3) is 10.8 Å². The van der Waals surface area contributed by atoms with Gasteiger partial charge in [0.1, 0.15) is 6.54 Å². The Balaban J connectivity index is 1.47. The van der Waals surface area contributed by atoms with Gasteiger partial charge < -0.3 is 4.42 Å².